The molecule has 0 radical (unpaired) electrons. The smallest absolute Gasteiger partial charge is 0.237 e. The van der Waals surface area contributed by atoms with Crippen LogP contribution in [0.15, 0.2) is 0 Å². The van der Waals surface area contributed by atoms with Crippen LogP contribution in [0.3, 0.4) is 0 Å². The van der Waals surface area contributed by atoms with Crippen LogP contribution in [0, 0.1) is 17.3 Å². The summed E-state index contributed by atoms with van der Waals surface area (Å²) in [6.07, 6.45) is 1.28. The van der Waals surface area contributed by atoms with E-state index >= 15 is 0 Å². The highest BCUT2D eigenvalue weighted by Crippen LogP contribution is 2.29. The summed E-state index contributed by atoms with van der Waals surface area (Å²) in [5, 5.41) is 3.33. The second-order valence-electron chi connectivity index (χ2n) is 6.69. The zero-order valence-electron chi connectivity index (χ0n) is 12.2. The van der Waals surface area contributed by atoms with Gasteiger partial charge in [-0.15, -0.1) is 0 Å². The Kier molecular flexibility index (Phi) is 4.59. The van der Waals surface area contributed by atoms with Gasteiger partial charge >= 0.3 is 0 Å². The van der Waals surface area contributed by atoms with Gasteiger partial charge in [-0.2, -0.15) is 0 Å². The Morgan fingerprint density at radius 2 is 1.94 bits per heavy atom. The maximum absolute atomic E-state index is 11.9. The fourth-order valence-electron chi connectivity index (χ4n) is 2.07. The third-order valence-electron chi connectivity index (χ3n) is 4.02. The van der Waals surface area contributed by atoms with E-state index in [1.165, 1.54) is 0 Å². The highest BCUT2D eigenvalue weighted by molar-refractivity contribution is 5.80. The number of amides is 1. The Bertz CT molecular complexity index is 271. The van der Waals surface area contributed by atoms with Crippen LogP contribution in [0.2, 0.25) is 0 Å². The average Bonchev–Trinajstić information content (AvgIpc) is 2.48. The average molecular weight is 240 g/mol. The Balaban J connectivity index is 2.69. The third kappa shape index (κ3) is 3.70. The molecule has 0 aromatic heterocycles. The van der Waals surface area contributed by atoms with Crippen molar-refractivity contribution in [2.45, 2.75) is 54.1 Å². The van der Waals surface area contributed by atoms with Gasteiger partial charge in [0.1, 0.15) is 0 Å². The topological polar surface area (TPSA) is 32.3 Å². The Hall–Kier alpha value is -0.570. The van der Waals surface area contributed by atoms with Crippen molar-refractivity contribution in [2.24, 2.45) is 17.3 Å². The number of rotatable bonds is 5. The van der Waals surface area contributed by atoms with Crippen LogP contribution in [-0.4, -0.2) is 30.1 Å². The lowest BCUT2D eigenvalue weighted by Crippen LogP contribution is -2.45. The summed E-state index contributed by atoms with van der Waals surface area (Å²) in [7, 11) is 0. The molecule has 0 spiro atoms. The van der Waals surface area contributed by atoms with E-state index in [0.717, 1.165) is 13.0 Å². The molecule has 17 heavy (non-hydrogen) atoms. The van der Waals surface area contributed by atoms with Crippen molar-refractivity contribution in [3.63, 3.8) is 0 Å². The van der Waals surface area contributed by atoms with E-state index in [1.807, 2.05) is 4.90 Å². The van der Waals surface area contributed by atoms with E-state index in [9.17, 15) is 4.79 Å². The molecule has 0 aromatic carbocycles. The molecule has 1 N–H and O–H groups in total. The molecule has 3 nitrogen and oxygen atoms in total. The molecule has 1 aliphatic rings. The van der Waals surface area contributed by atoms with Gasteiger partial charge in [-0.1, -0.05) is 41.5 Å². The van der Waals surface area contributed by atoms with Crippen molar-refractivity contribution in [3.05, 3.63) is 0 Å². The number of nitrogens with one attached hydrogen (secondary N) is 1. The van der Waals surface area contributed by atoms with E-state index in [1.54, 1.807) is 0 Å². The van der Waals surface area contributed by atoms with Crippen molar-refractivity contribution in [3.8, 4) is 0 Å². The predicted octanol–water partition coefficient (Wildman–Crippen LogP) is 2.47. The summed E-state index contributed by atoms with van der Waals surface area (Å²) in [5.74, 6) is 1.45. The fraction of sp³-hybridized carbons (Fsp3) is 0.929. The lowest BCUT2D eigenvalue weighted by Gasteiger charge is -2.36. The normalized spacial score (nSPS) is 22.0. The van der Waals surface area contributed by atoms with Crippen LogP contribution in [0.1, 0.15) is 48.0 Å². The van der Waals surface area contributed by atoms with Crippen LogP contribution < -0.4 is 5.32 Å². The van der Waals surface area contributed by atoms with E-state index in [2.05, 4.69) is 46.9 Å². The SMILES string of the molecule is CC(C)CC1NCC(=O)N1CC(C)(C)C(C)C. The molecule has 1 unspecified atom stereocenters. The molecule has 100 valence electrons. The highest BCUT2D eigenvalue weighted by atomic mass is 16.2. The molecule has 1 amide bonds. The molecular formula is C14H28N2O. The number of nitrogens with zero attached hydrogens (tertiary/aromatic N) is 1. The lowest BCUT2D eigenvalue weighted by molar-refractivity contribution is -0.129. The second-order valence-corrected chi connectivity index (χ2v) is 6.69. The van der Waals surface area contributed by atoms with Crippen molar-refractivity contribution >= 4 is 5.91 Å². The van der Waals surface area contributed by atoms with E-state index in [-0.39, 0.29) is 17.5 Å². The summed E-state index contributed by atoms with van der Waals surface area (Å²) in [6.45, 7) is 14.7. The molecule has 1 saturated heterocycles. The Morgan fingerprint density at radius 3 is 2.41 bits per heavy atom. The first kappa shape index (κ1) is 14.5. The molecule has 0 saturated carbocycles. The maximum Gasteiger partial charge on any atom is 0.237 e. The fourth-order valence-corrected chi connectivity index (χ4v) is 2.07. The summed E-state index contributed by atoms with van der Waals surface area (Å²) in [5.41, 5.74) is 0.177. The van der Waals surface area contributed by atoms with Crippen LogP contribution in [-0.2, 0) is 4.79 Å². The largest absolute Gasteiger partial charge is 0.325 e. The van der Waals surface area contributed by atoms with Gasteiger partial charge < -0.3 is 4.90 Å². The molecule has 0 aromatic rings. The lowest BCUT2D eigenvalue weighted by atomic mass is 9.80. The molecule has 1 fully saturated rings. The molecule has 1 heterocycles. The summed E-state index contributed by atoms with van der Waals surface area (Å²) < 4.78 is 0. The van der Waals surface area contributed by atoms with Crippen LogP contribution in [0.25, 0.3) is 0 Å². The van der Waals surface area contributed by atoms with Gasteiger partial charge in [0.15, 0.2) is 0 Å². The number of hydrogen-bond donors (Lipinski definition) is 1. The van der Waals surface area contributed by atoms with Crippen LogP contribution in [0.5, 0.6) is 0 Å². The Morgan fingerprint density at radius 1 is 1.35 bits per heavy atom. The molecule has 3 heteroatoms. The van der Waals surface area contributed by atoms with Crippen LogP contribution >= 0.6 is 0 Å². The number of hydrogen-bond acceptors (Lipinski definition) is 2. The molecule has 1 atom stereocenters. The highest BCUT2D eigenvalue weighted by Gasteiger charge is 2.35. The molecule has 1 rings (SSSR count). The zero-order chi connectivity index (χ0) is 13.2. The quantitative estimate of drug-likeness (QED) is 0.800. The monoisotopic (exact) mass is 240 g/mol. The zero-order valence-corrected chi connectivity index (χ0v) is 12.2. The van der Waals surface area contributed by atoms with Gasteiger partial charge in [0.25, 0.3) is 0 Å². The molecule has 1 aliphatic heterocycles. The molecule has 0 bridgehead atoms. The van der Waals surface area contributed by atoms with Gasteiger partial charge in [0.05, 0.1) is 12.7 Å². The van der Waals surface area contributed by atoms with Crippen molar-refractivity contribution in [1.82, 2.24) is 10.2 Å². The summed E-state index contributed by atoms with van der Waals surface area (Å²) >= 11 is 0. The summed E-state index contributed by atoms with van der Waals surface area (Å²) in [4.78, 5) is 14.0. The van der Waals surface area contributed by atoms with Gasteiger partial charge in [0.2, 0.25) is 5.91 Å². The summed E-state index contributed by atoms with van der Waals surface area (Å²) in [6, 6.07) is 0. The van der Waals surface area contributed by atoms with Gasteiger partial charge in [-0.25, -0.2) is 0 Å². The van der Waals surface area contributed by atoms with Crippen molar-refractivity contribution < 1.29 is 4.79 Å². The first-order chi connectivity index (χ1) is 7.74. The minimum absolute atomic E-state index is 0.177. The number of carbonyl (C=O) groups is 1. The van der Waals surface area contributed by atoms with Gasteiger partial charge in [-0.3, -0.25) is 10.1 Å². The van der Waals surface area contributed by atoms with E-state index in [4.69, 9.17) is 0 Å². The first-order valence-corrected chi connectivity index (χ1v) is 6.77. The predicted molar refractivity (Wildman–Crippen MR) is 71.6 cm³/mol. The minimum atomic E-state index is 0.177. The van der Waals surface area contributed by atoms with E-state index < -0.39 is 0 Å². The Labute approximate surface area is 106 Å². The maximum atomic E-state index is 11.9. The molecule has 0 aliphatic carbocycles. The van der Waals surface area contributed by atoms with E-state index in [0.29, 0.717) is 18.4 Å². The standard InChI is InChI=1S/C14H28N2O/c1-10(2)7-12-15-8-13(17)16(12)9-14(5,6)11(3)4/h10-12,15H,7-9H2,1-6H3. The van der Waals surface area contributed by atoms with Crippen molar-refractivity contribution in [2.75, 3.05) is 13.1 Å². The van der Waals surface area contributed by atoms with Gasteiger partial charge in [0, 0.05) is 6.54 Å². The minimum Gasteiger partial charge on any atom is -0.325 e. The van der Waals surface area contributed by atoms with Gasteiger partial charge in [-0.05, 0) is 23.7 Å². The first-order valence-electron chi connectivity index (χ1n) is 6.77. The van der Waals surface area contributed by atoms with Crippen LogP contribution in [0.4, 0.5) is 0 Å². The number of carbonyl (C=O) groups excluding carboxylic acids is 1. The molecular weight excluding hydrogens is 212 g/mol. The van der Waals surface area contributed by atoms with Crippen molar-refractivity contribution in [1.29, 1.82) is 0 Å². The third-order valence-corrected chi connectivity index (χ3v) is 4.02. The second kappa shape index (κ2) is 5.38.